The highest BCUT2D eigenvalue weighted by Gasteiger charge is 2.21. The van der Waals surface area contributed by atoms with Crippen molar-refractivity contribution in [1.29, 1.82) is 0 Å². The number of halogens is 1. The molecule has 2 N–H and O–H groups in total. The highest BCUT2D eigenvalue weighted by atomic mass is 35.5. The number of rotatable bonds is 4. The summed E-state index contributed by atoms with van der Waals surface area (Å²) >= 11 is 6.15. The highest BCUT2D eigenvalue weighted by Crippen LogP contribution is 2.36. The molecule has 1 amide bonds. The Morgan fingerprint density at radius 1 is 1.30 bits per heavy atom. The van der Waals surface area contributed by atoms with Crippen molar-refractivity contribution in [1.82, 2.24) is 5.32 Å². The molecule has 20 heavy (non-hydrogen) atoms. The number of carbonyl (C=O) groups excluding carboxylic acids is 1. The average Bonchev–Trinajstić information content (AvgIpc) is 2.49. The Hall–Kier alpha value is -1.46. The van der Waals surface area contributed by atoms with Crippen LogP contribution in [0, 0.1) is 0 Å². The van der Waals surface area contributed by atoms with Crippen molar-refractivity contribution in [2.75, 3.05) is 26.1 Å². The van der Waals surface area contributed by atoms with Crippen molar-refractivity contribution in [3.63, 3.8) is 0 Å². The van der Waals surface area contributed by atoms with Gasteiger partial charge in [0.1, 0.15) is 0 Å². The van der Waals surface area contributed by atoms with E-state index in [1.54, 1.807) is 26.4 Å². The molecule has 0 spiro atoms. The molecule has 1 heterocycles. The quantitative estimate of drug-likeness (QED) is 0.896. The lowest BCUT2D eigenvalue weighted by Gasteiger charge is -2.23. The lowest BCUT2D eigenvalue weighted by atomic mass is 10.0. The molecule has 0 unspecified atom stereocenters. The first-order chi connectivity index (χ1) is 9.65. The third kappa shape index (κ3) is 3.35. The first kappa shape index (κ1) is 14.9. The number of benzene rings is 1. The van der Waals surface area contributed by atoms with Crippen LogP contribution >= 0.6 is 11.6 Å². The molecule has 110 valence electrons. The van der Waals surface area contributed by atoms with E-state index in [0.29, 0.717) is 22.2 Å². The maximum absolute atomic E-state index is 12.2. The lowest BCUT2D eigenvalue weighted by molar-refractivity contribution is -0.118. The fourth-order valence-electron chi connectivity index (χ4n) is 2.25. The van der Waals surface area contributed by atoms with E-state index in [1.165, 1.54) is 0 Å². The molecule has 0 aromatic heterocycles. The second-order valence-electron chi connectivity index (χ2n) is 4.68. The van der Waals surface area contributed by atoms with Crippen LogP contribution in [0.5, 0.6) is 11.5 Å². The van der Waals surface area contributed by atoms with Gasteiger partial charge in [-0.25, -0.2) is 0 Å². The van der Waals surface area contributed by atoms with Gasteiger partial charge in [-0.3, -0.25) is 4.79 Å². The van der Waals surface area contributed by atoms with Crippen molar-refractivity contribution in [2.24, 2.45) is 0 Å². The minimum Gasteiger partial charge on any atom is -0.493 e. The van der Waals surface area contributed by atoms with Gasteiger partial charge in [-0.1, -0.05) is 18.0 Å². The van der Waals surface area contributed by atoms with Crippen LogP contribution in [0.4, 0.5) is 5.69 Å². The molecule has 2 rings (SSSR count). The van der Waals surface area contributed by atoms with E-state index in [1.807, 2.05) is 0 Å². The number of hydrogen-bond donors (Lipinski definition) is 2. The maximum atomic E-state index is 12.2. The maximum Gasteiger partial charge on any atom is 0.241 e. The SMILES string of the molecule is COc1cc(Cl)c(NC(=O)[C@@H]2CCCCN2)cc1OC. The zero-order chi connectivity index (χ0) is 14.5. The third-order valence-electron chi connectivity index (χ3n) is 3.36. The number of piperidine rings is 1. The third-order valence-corrected chi connectivity index (χ3v) is 3.67. The van der Waals surface area contributed by atoms with Gasteiger partial charge >= 0.3 is 0 Å². The second kappa shape index (κ2) is 6.81. The van der Waals surface area contributed by atoms with Crippen molar-refractivity contribution in [3.05, 3.63) is 17.2 Å². The zero-order valence-corrected chi connectivity index (χ0v) is 12.4. The predicted molar refractivity (Wildman–Crippen MR) is 78.8 cm³/mol. The standard InChI is InChI=1S/C14H19ClN2O3/c1-19-12-7-9(15)11(8-13(12)20-2)17-14(18)10-5-3-4-6-16-10/h7-8,10,16H,3-6H2,1-2H3,(H,17,18)/t10-/m0/s1. The summed E-state index contributed by atoms with van der Waals surface area (Å²) in [5, 5.41) is 6.46. The summed E-state index contributed by atoms with van der Waals surface area (Å²) in [6.45, 7) is 0.873. The van der Waals surface area contributed by atoms with Crippen molar-refractivity contribution < 1.29 is 14.3 Å². The Labute approximate surface area is 123 Å². The Balaban J connectivity index is 2.13. The number of anilines is 1. The van der Waals surface area contributed by atoms with Gasteiger partial charge in [0.05, 0.1) is 31.0 Å². The van der Waals surface area contributed by atoms with E-state index >= 15 is 0 Å². The highest BCUT2D eigenvalue weighted by molar-refractivity contribution is 6.34. The van der Waals surface area contributed by atoms with E-state index in [2.05, 4.69) is 10.6 Å². The number of hydrogen-bond acceptors (Lipinski definition) is 4. The van der Waals surface area contributed by atoms with Gasteiger partial charge in [0.2, 0.25) is 5.91 Å². The van der Waals surface area contributed by atoms with E-state index in [-0.39, 0.29) is 11.9 Å². The van der Waals surface area contributed by atoms with Gasteiger partial charge in [-0.05, 0) is 19.4 Å². The van der Waals surface area contributed by atoms with Gasteiger partial charge in [0.25, 0.3) is 0 Å². The summed E-state index contributed by atoms with van der Waals surface area (Å²) in [7, 11) is 3.08. The molecule has 6 heteroatoms. The van der Waals surface area contributed by atoms with E-state index in [0.717, 1.165) is 25.8 Å². The number of methoxy groups -OCH3 is 2. The summed E-state index contributed by atoms with van der Waals surface area (Å²) < 4.78 is 10.4. The summed E-state index contributed by atoms with van der Waals surface area (Å²) in [5.74, 6) is 0.994. The summed E-state index contributed by atoms with van der Waals surface area (Å²) in [5.41, 5.74) is 0.529. The molecular weight excluding hydrogens is 280 g/mol. The fourth-order valence-corrected chi connectivity index (χ4v) is 2.45. The lowest BCUT2D eigenvalue weighted by Crippen LogP contribution is -2.43. The Kier molecular flexibility index (Phi) is 5.09. The van der Waals surface area contributed by atoms with Crippen LogP contribution in [-0.2, 0) is 4.79 Å². The van der Waals surface area contributed by atoms with Gasteiger partial charge in [-0.2, -0.15) is 0 Å². The smallest absolute Gasteiger partial charge is 0.241 e. The first-order valence-corrected chi connectivity index (χ1v) is 6.99. The molecular formula is C14H19ClN2O3. The normalized spacial score (nSPS) is 18.4. The molecule has 1 aliphatic rings. The van der Waals surface area contributed by atoms with Crippen molar-refractivity contribution >= 4 is 23.2 Å². The summed E-state index contributed by atoms with van der Waals surface area (Å²) in [6, 6.07) is 3.14. The van der Waals surface area contributed by atoms with Gasteiger partial charge in [-0.15, -0.1) is 0 Å². The molecule has 0 aliphatic carbocycles. The van der Waals surface area contributed by atoms with Crippen LogP contribution < -0.4 is 20.1 Å². The number of ether oxygens (including phenoxy) is 2. The molecule has 1 fully saturated rings. The zero-order valence-electron chi connectivity index (χ0n) is 11.7. The van der Waals surface area contributed by atoms with Crippen molar-refractivity contribution in [2.45, 2.75) is 25.3 Å². The Bertz CT molecular complexity index is 488. The van der Waals surface area contributed by atoms with E-state index < -0.39 is 0 Å². The topological polar surface area (TPSA) is 59.6 Å². The molecule has 1 saturated heterocycles. The number of amides is 1. The number of nitrogens with one attached hydrogen (secondary N) is 2. The molecule has 1 aliphatic heterocycles. The van der Waals surface area contributed by atoms with E-state index in [4.69, 9.17) is 21.1 Å². The average molecular weight is 299 g/mol. The van der Waals surface area contributed by atoms with Gasteiger partial charge < -0.3 is 20.1 Å². The molecule has 0 saturated carbocycles. The first-order valence-electron chi connectivity index (χ1n) is 6.61. The predicted octanol–water partition coefficient (Wildman–Crippen LogP) is 2.44. The molecule has 5 nitrogen and oxygen atoms in total. The minimum atomic E-state index is -0.159. The summed E-state index contributed by atoms with van der Waals surface area (Å²) in [6.07, 6.45) is 3.02. The molecule has 1 aromatic rings. The van der Waals surface area contributed by atoms with Gasteiger partial charge in [0.15, 0.2) is 11.5 Å². The second-order valence-corrected chi connectivity index (χ2v) is 5.09. The van der Waals surface area contributed by atoms with Crippen LogP contribution in [0.25, 0.3) is 0 Å². The van der Waals surface area contributed by atoms with Gasteiger partial charge in [0, 0.05) is 12.1 Å². The molecule has 1 atom stereocenters. The largest absolute Gasteiger partial charge is 0.493 e. The van der Waals surface area contributed by atoms with Crippen molar-refractivity contribution in [3.8, 4) is 11.5 Å². The molecule has 0 bridgehead atoms. The van der Waals surface area contributed by atoms with Crippen LogP contribution in [0.3, 0.4) is 0 Å². The van der Waals surface area contributed by atoms with Crippen LogP contribution in [-0.4, -0.2) is 32.7 Å². The van der Waals surface area contributed by atoms with E-state index in [9.17, 15) is 4.79 Å². The fraction of sp³-hybridized carbons (Fsp3) is 0.500. The number of carbonyl (C=O) groups is 1. The molecule has 1 aromatic carbocycles. The monoisotopic (exact) mass is 298 g/mol. The minimum absolute atomic E-state index is 0.0705. The van der Waals surface area contributed by atoms with Crippen LogP contribution in [0.15, 0.2) is 12.1 Å². The Morgan fingerprint density at radius 2 is 2.00 bits per heavy atom. The molecule has 0 radical (unpaired) electrons. The Morgan fingerprint density at radius 3 is 2.60 bits per heavy atom. The van der Waals surface area contributed by atoms with Crippen LogP contribution in [0.1, 0.15) is 19.3 Å². The van der Waals surface area contributed by atoms with Crippen LogP contribution in [0.2, 0.25) is 5.02 Å². The summed E-state index contributed by atoms with van der Waals surface area (Å²) in [4.78, 5) is 12.2.